The van der Waals surface area contributed by atoms with Crippen molar-refractivity contribution >= 4 is 27.5 Å². The third-order valence-electron chi connectivity index (χ3n) is 3.31. The number of unbranched alkanes of at least 4 members (excludes halogenated alkanes) is 1. The van der Waals surface area contributed by atoms with Crippen LogP contribution in [0.25, 0.3) is 0 Å². The van der Waals surface area contributed by atoms with E-state index in [0.717, 1.165) is 10.9 Å². The molecule has 1 rings (SSSR count). The van der Waals surface area contributed by atoms with E-state index in [4.69, 9.17) is 11.6 Å². The van der Waals surface area contributed by atoms with Gasteiger partial charge in [-0.1, -0.05) is 61.2 Å². The Morgan fingerprint density at radius 1 is 1.18 bits per heavy atom. The summed E-state index contributed by atoms with van der Waals surface area (Å²) in [5.41, 5.74) is 1.34. The topological polar surface area (TPSA) is 0 Å². The number of rotatable bonds is 7. The maximum atomic E-state index is 6.55. The van der Waals surface area contributed by atoms with E-state index in [0.29, 0.717) is 5.92 Å². The fourth-order valence-electron chi connectivity index (χ4n) is 2.12. The molecule has 0 aliphatic carbocycles. The summed E-state index contributed by atoms with van der Waals surface area (Å²) in [6.45, 7) is 4.49. The molecule has 96 valence electrons. The zero-order valence-corrected chi connectivity index (χ0v) is 13.1. The summed E-state index contributed by atoms with van der Waals surface area (Å²) in [5, 5.41) is 0.271. The SMILES string of the molecule is CCCCC(CC)C(Cl)Cc1ccc(Br)cc1. The van der Waals surface area contributed by atoms with Crippen LogP contribution in [0.15, 0.2) is 28.7 Å². The second-order valence-corrected chi connectivity index (χ2v) is 6.13. The van der Waals surface area contributed by atoms with Gasteiger partial charge < -0.3 is 0 Å². The zero-order chi connectivity index (χ0) is 12.7. The van der Waals surface area contributed by atoms with Crippen molar-refractivity contribution in [1.29, 1.82) is 0 Å². The van der Waals surface area contributed by atoms with E-state index in [1.54, 1.807) is 0 Å². The highest BCUT2D eigenvalue weighted by atomic mass is 79.9. The first-order chi connectivity index (χ1) is 8.17. The van der Waals surface area contributed by atoms with Crippen molar-refractivity contribution in [3.8, 4) is 0 Å². The van der Waals surface area contributed by atoms with E-state index in [9.17, 15) is 0 Å². The second kappa shape index (κ2) is 8.16. The summed E-state index contributed by atoms with van der Waals surface area (Å²) >= 11 is 10.0. The number of halogens is 2. The molecule has 2 heteroatoms. The fraction of sp³-hybridized carbons (Fsp3) is 0.600. The van der Waals surface area contributed by atoms with Gasteiger partial charge in [0.1, 0.15) is 0 Å². The van der Waals surface area contributed by atoms with Crippen LogP contribution < -0.4 is 0 Å². The molecule has 2 atom stereocenters. The van der Waals surface area contributed by atoms with Crippen LogP contribution in [-0.2, 0) is 6.42 Å². The van der Waals surface area contributed by atoms with Gasteiger partial charge in [0.25, 0.3) is 0 Å². The summed E-state index contributed by atoms with van der Waals surface area (Å²) in [5.74, 6) is 0.653. The smallest absolute Gasteiger partial charge is 0.0404 e. The van der Waals surface area contributed by atoms with Crippen LogP contribution >= 0.6 is 27.5 Å². The molecule has 0 nitrogen and oxygen atoms in total. The highest BCUT2D eigenvalue weighted by Gasteiger charge is 2.17. The molecule has 2 unspecified atom stereocenters. The van der Waals surface area contributed by atoms with Gasteiger partial charge in [-0.25, -0.2) is 0 Å². The molecule has 0 aliphatic heterocycles. The molecular weight excluding hydrogens is 296 g/mol. The third-order valence-corrected chi connectivity index (χ3v) is 4.35. The van der Waals surface area contributed by atoms with Gasteiger partial charge >= 0.3 is 0 Å². The lowest BCUT2D eigenvalue weighted by Gasteiger charge is -2.20. The lowest BCUT2D eigenvalue weighted by Crippen LogP contribution is -2.17. The van der Waals surface area contributed by atoms with Crippen molar-refractivity contribution in [3.63, 3.8) is 0 Å². The lowest BCUT2D eigenvalue weighted by molar-refractivity contribution is 0.428. The van der Waals surface area contributed by atoms with E-state index in [1.807, 2.05) is 0 Å². The second-order valence-electron chi connectivity index (χ2n) is 4.66. The fourth-order valence-corrected chi connectivity index (χ4v) is 2.87. The van der Waals surface area contributed by atoms with Crippen molar-refractivity contribution in [2.24, 2.45) is 5.92 Å². The van der Waals surface area contributed by atoms with Crippen molar-refractivity contribution in [2.75, 3.05) is 0 Å². The Kier molecular flexibility index (Phi) is 7.22. The maximum Gasteiger partial charge on any atom is 0.0404 e. The molecule has 0 fully saturated rings. The predicted octanol–water partition coefficient (Wildman–Crippen LogP) is 5.82. The van der Waals surface area contributed by atoms with E-state index in [2.05, 4.69) is 54.0 Å². The molecule has 0 bridgehead atoms. The molecule has 1 aromatic rings. The van der Waals surface area contributed by atoms with Gasteiger partial charge in [0.2, 0.25) is 0 Å². The van der Waals surface area contributed by atoms with Gasteiger partial charge in [0, 0.05) is 9.85 Å². The zero-order valence-electron chi connectivity index (χ0n) is 10.8. The number of hydrogen-bond donors (Lipinski definition) is 0. The summed E-state index contributed by atoms with van der Waals surface area (Å²) in [7, 11) is 0. The molecule has 0 radical (unpaired) electrons. The van der Waals surface area contributed by atoms with E-state index < -0.39 is 0 Å². The minimum atomic E-state index is 0.271. The standard InChI is InChI=1S/C15H22BrCl/c1-3-5-6-13(4-2)15(17)11-12-7-9-14(16)10-8-12/h7-10,13,15H,3-6,11H2,1-2H3. The van der Waals surface area contributed by atoms with Gasteiger partial charge in [0.05, 0.1) is 0 Å². The summed E-state index contributed by atoms with van der Waals surface area (Å²) in [4.78, 5) is 0. The van der Waals surface area contributed by atoms with Crippen molar-refractivity contribution in [1.82, 2.24) is 0 Å². The molecule has 1 aromatic carbocycles. The van der Waals surface area contributed by atoms with Crippen molar-refractivity contribution < 1.29 is 0 Å². The minimum Gasteiger partial charge on any atom is -0.122 e. The van der Waals surface area contributed by atoms with Gasteiger partial charge in [-0.15, -0.1) is 11.6 Å². The summed E-state index contributed by atoms with van der Waals surface area (Å²) in [6.07, 6.45) is 5.99. The van der Waals surface area contributed by atoms with Crippen LogP contribution in [0.3, 0.4) is 0 Å². The molecule has 0 spiro atoms. The average molecular weight is 318 g/mol. The lowest BCUT2D eigenvalue weighted by atomic mass is 9.92. The summed E-state index contributed by atoms with van der Waals surface area (Å²) in [6, 6.07) is 8.50. The Labute approximate surface area is 119 Å². The first-order valence-electron chi connectivity index (χ1n) is 6.55. The molecule has 0 aromatic heterocycles. The first-order valence-corrected chi connectivity index (χ1v) is 7.78. The van der Waals surface area contributed by atoms with Crippen molar-refractivity contribution in [2.45, 2.75) is 51.3 Å². The van der Waals surface area contributed by atoms with Crippen LogP contribution in [-0.4, -0.2) is 5.38 Å². The van der Waals surface area contributed by atoms with E-state index in [1.165, 1.54) is 31.2 Å². The quantitative estimate of drug-likeness (QED) is 0.556. The normalized spacial score (nSPS) is 14.6. The molecule has 0 saturated carbocycles. The monoisotopic (exact) mass is 316 g/mol. The Bertz CT molecular complexity index is 307. The highest BCUT2D eigenvalue weighted by Crippen LogP contribution is 2.25. The van der Waals surface area contributed by atoms with Crippen LogP contribution in [0, 0.1) is 5.92 Å². The van der Waals surface area contributed by atoms with Gasteiger partial charge in [-0.05, 0) is 36.5 Å². The minimum absolute atomic E-state index is 0.271. The van der Waals surface area contributed by atoms with Crippen LogP contribution in [0.5, 0.6) is 0 Å². The molecular formula is C15H22BrCl. The third kappa shape index (κ3) is 5.44. The number of hydrogen-bond acceptors (Lipinski definition) is 0. The van der Waals surface area contributed by atoms with Gasteiger partial charge in [-0.3, -0.25) is 0 Å². The number of alkyl halides is 1. The van der Waals surface area contributed by atoms with E-state index in [-0.39, 0.29) is 5.38 Å². The molecule has 0 N–H and O–H groups in total. The van der Waals surface area contributed by atoms with E-state index >= 15 is 0 Å². The predicted molar refractivity (Wildman–Crippen MR) is 80.8 cm³/mol. The summed E-state index contributed by atoms with van der Waals surface area (Å²) < 4.78 is 1.13. The first kappa shape index (κ1) is 15.0. The van der Waals surface area contributed by atoms with Crippen LogP contribution in [0.4, 0.5) is 0 Å². The number of benzene rings is 1. The van der Waals surface area contributed by atoms with Crippen LogP contribution in [0.2, 0.25) is 0 Å². The molecule has 0 heterocycles. The Hall–Kier alpha value is -0.0100. The maximum absolute atomic E-state index is 6.55. The molecule has 17 heavy (non-hydrogen) atoms. The van der Waals surface area contributed by atoms with Crippen LogP contribution in [0.1, 0.15) is 45.1 Å². The van der Waals surface area contributed by atoms with Gasteiger partial charge in [0.15, 0.2) is 0 Å². The van der Waals surface area contributed by atoms with Crippen molar-refractivity contribution in [3.05, 3.63) is 34.3 Å². The Morgan fingerprint density at radius 3 is 2.35 bits per heavy atom. The Morgan fingerprint density at radius 2 is 1.82 bits per heavy atom. The highest BCUT2D eigenvalue weighted by molar-refractivity contribution is 9.10. The molecule has 0 saturated heterocycles. The molecule has 0 aliphatic rings. The largest absolute Gasteiger partial charge is 0.122 e. The van der Waals surface area contributed by atoms with Gasteiger partial charge in [-0.2, -0.15) is 0 Å². The molecule has 0 amide bonds. The average Bonchev–Trinajstić information content (AvgIpc) is 2.33. The Balaban J connectivity index is 2.51.